The lowest BCUT2D eigenvalue weighted by atomic mass is 9.77. The normalized spacial score (nSPS) is 17.6. The second kappa shape index (κ2) is 6.60. The number of amidine groups is 1. The molecule has 5 nitrogen and oxygen atoms in total. The summed E-state index contributed by atoms with van der Waals surface area (Å²) in [6.45, 7) is 0. The van der Waals surface area contributed by atoms with Gasteiger partial charge in [-0.2, -0.15) is 0 Å². The molecule has 2 aromatic carbocycles. The van der Waals surface area contributed by atoms with Gasteiger partial charge in [0, 0.05) is 41.5 Å². The van der Waals surface area contributed by atoms with E-state index in [2.05, 4.69) is 15.0 Å². The summed E-state index contributed by atoms with van der Waals surface area (Å²) in [7, 11) is 0. The Labute approximate surface area is 166 Å². The molecule has 1 aliphatic rings. The topological polar surface area (TPSA) is 77.0 Å². The molecule has 2 aromatic heterocycles. The maximum Gasteiger partial charge on any atom is 0.139 e. The van der Waals surface area contributed by atoms with E-state index in [0.717, 1.165) is 22.3 Å². The highest BCUT2D eigenvalue weighted by Crippen LogP contribution is 2.46. The molecule has 1 unspecified atom stereocenters. The van der Waals surface area contributed by atoms with E-state index < -0.39 is 5.54 Å². The zero-order valence-corrected chi connectivity index (χ0v) is 15.3. The molecule has 5 rings (SSSR count). The molecule has 3 heterocycles. The smallest absolute Gasteiger partial charge is 0.139 e. The number of benzene rings is 2. The van der Waals surface area contributed by atoms with Gasteiger partial charge >= 0.3 is 0 Å². The Balaban J connectivity index is 1.82. The van der Waals surface area contributed by atoms with Gasteiger partial charge in [-0.25, -0.2) is 19.4 Å². The molecule has 4 aromatic rings. The molecular weight excluding hydrogens is 365 g/mol. The molecule has 0 aliphatic carbocycles. The molecule has 0 saturated carbocycles. The quantitative estimate of drug-likeness (QED) is 0.587. The Morgan fingerprint density at radius 2 is 1.55 bits per heavy atom. The first-order chi connectivity index (χ1) is 14.2. The molecule has 140 valence electrons. The zero-order valence-electron chi connectivity index (χ0n) is 15.3. The second-order valence-corrected chi connectivity index (χ2v) is 6.81. The summed E-state index contributed by atoms with van der Waals surface area (Å²) in [6.07, 6.45) is 8.05. The molecule has 0 spiro atoms. The fraction of sp³-hybridized carbons (Fsp3) is 0.0435. The van der Waals surface area contributed by atoms with Gasteiger partial charge in [-0.3, -0.25) is 4.98 Å². The highest BCUT2D eigenvalue weighted by Gasteiger charge is 2.43. The van der Waals surface area contributed by atoms with Crippen LogP contribution in [0.15, 0.2) is 90.7 Å². The van der Waals surface area contributed by atoms with Crippen molar-refractivity contribution in [1.29, 1.82) is 0 Å². The first-order valence-electron chi connectivity index (χ1n) is 9.11. The van der Waals surface area contributed by atoms with Gasteiger partial charge < -0.3 is 5.73 Å². The van der Waals surface area contributed by atoms with Crippen LogP contribution in [0.3, 0.4) is 0 Å². The van der Waals surface area contributed by atoms with Gasteiger partial charge in [0.2, 0.25) is 0 Å². The van der Waals surface area contributed by atoms with Gasteiger partial charge in [0.15, 0.2) is 0 Å². The van der Waals surface area contributed by atoms with Crippen LogP contribution in [0.1, 0.15) is 22.3 Å². The van der Waals surface area contributed by atoms with E-state index in [0.29, 0.717) is 17.0 Å². The van der Waals surface area contributed by atoms with Crippen molar-refractivity contribution in [3.63, 3.8) is 0 Å². The van der Waals surface area contributed by atoms with Crippen LogP contribution in [-0.4, -0.2) is 20.8 Å². The van der Waals surface area contributed by atoms with Crippen molar-refractivity contribution in [2.75, 3.05) is 0 Å². The van der Waals surface area contributed by atoms with Gasteiger partial charge in [0.25, 0.3) is 0 Å². The first kappa shape index (κ1) is 17.2. The van der Waals surface area contributed by atoms with Crippen molar-refractivity contribution in [2.24, 2.45) is 10.7 Å². The van der Waals surface area contributed by atoms with Gasteiger partial charge in [-0.05, 0) is 41.0 Å². The van der Waals surface area contributed by atoms with Gasteiger partial charge in [-0.15, -0.1) is 0 Å². The molecule has 0 radical (unpaired) electrons. The first-order valence-corrected chi connectivity index (χ1v) is 9.11. The molecule has 2 N–H and O–H groups in total. The minimum Gasteiger partial charge on any atom is -0.383 e. The molecule has 1 atom stereocenters. The maximum atomic E-state index is 14.7. The Morgan fingerprint density at radius 1 is 0.793 bits per heavy atom. The lowest BCUT2D eigenvalue weighted by Crippen LogP contribution is -2.25. The SMILES string of the molecule is NC1=NC(c2ccncc2)(c2ccc(F)c(-c3cncnc3)c2)c2ccccc21. The molecular formula is C23H16FN5. The number of hydrogen-bond acceptors (Lipinski definition) is 5. The minimum absolute atomic E-state index is 0.350. The molecule has 0 amide bonds. The van der Waals surface area contributed by atoms with Crippen molar-refractivity contribution < 1.29 is 4.39 Å². The number of aromatic nitrogens is 3. The van der Waals surface area contributed by atoms with Gasteiger partial charge in [-0.1, -0.05) is 30.3 Å². The number of nitrogens with zero attached hydrogens (tertiary/aromatic N) is 4. The van der Waals surface area contributed by atoms with Crippen LogP contribution >= 0.6 is 0 Å². The highest BCUT2D eigenvalue weighted by atomic mass is 19.1. The fourth-order valence-corrected chi connectivity index (χ4v) is 3.93. The minimum atomic E-state index is -0.887. The molecule has 0 saturated heterocycles. The number of nitrogens with two attached hydrogens (primary N) is 1. The average Bonchev–Trinajstić information content (AvgIpc) is 3.09. The summed E-state index contributed by atoms with van der Waals surface area (Å²) < 4.78 is 14.7. The van der Waals surface area contributed by atoms with Crippen molar-refractivity contribution >= 4 is 5.84 Å². The molecule has 1 aliphatic heterocycles. The number of fused-ring (bicyclic) bond motifs is 1. The van der Waals surface area contributed by atoms with Gasteiger partial charge in [0.05, 0.1) is 0 Å². The molecule has 0 bridgehead atoms. The van der Waals surface area contributed by atoms with E-state index in [1.54, 1.807) is 36.9 Å². The third-order valence-electron chi connectivity index (χ3n) is 5.23. The predicted molar refractivity (Wildman–Crippen MR) is 109 cm³/mol. The number of pyridine rings is 1. The predicted octanol–water partition coefficient (Wildman–Crippen LogP) is 3.69. The third kappa shape index (κ3) is 2.61. The summed E-state index contributed by atoms with van der Waals surface area (Å²) in [6, 6.07) is 16.7. The molecule has 0 fully saturated rings. The summed E-state index contributed by atoms with van der Waals surface area (Å²) in [5, 5.41) is 0. The highest BCUT2D eigenvalue weighted by molar-refractivity contribution is 6.03. The van der Waals surface area contributed by atoms with Crippen molar-refractivity contribution in [3.8, 4) is 11.1 Å². The van der Waals surface area contributed by atoms with E-state index in [-0.39, 0.29) is 5.82 Å². The molecule has 29 heavy (non-hydrogen) atoms. The average molecular weight is 381 g/mol. The van der Waals surface area contributed by atoms with Crippen LogP contribution in [0.2, 0.25) is 0 Å². The van der Waals surface area contributed by atoms with Crippen LogP contribution in [0.25, 0.3) is 11.1 Å². The fourth-order valence-electron chi connectivity index (χ4n) is 3.93. The summed E-state index contributed by atoms with van der Waals surface area (Å²) in [5.74, 6) is 0.1000. The number of aliphatic imine (C=N–C) groups is 1. The third-order valence-corrected chi connectivity index (χ3v) is 5.23. The Bertz CT molecular complexity index is 1220. The van der Waals surface area contributed by atoms with Crippen molar-refractivity contribution in [2.45, 2.75) is 5.54 Å². The monoisotopic (exact) mass is 381 g/mol. The summed E-state index contributed by atoms with van der Waals surface area (Å²) >= 11 is 0. The van der Waals surface area contributed by atoms with Crippen LogP contribution in [-0.2, 0) is 5.54 Å². The largest absolute Gasteiger partial charge is 0.383 e. The standard InChI is InChI=1S/C23H16FN5/c24-21-6-5-17(11-19(21)15-12-27-14-28-13-15)23(16-7-9-26-10-8-16)20-4-2-1-3-18(20)22(25)29-23/h1-14H,(H2,25,29). The lowest BCUT2D eigenvalue weighted by Gasteiger charge is -2.29. The van der Waals surface area contributed by atoms with Crippen LogP contribution in [0.4, 0.5) is 4.39 Å². The number of rotatable bonds is 3. The summed E-state index contributed by atoms with van der Waals surface area (Å²) in [4.78, 5) is 17.1. The second-order valence-electron chi connectivity index (χ2n) is 6.81. The Morgan fingerprint density at radius 3 is 2.34 bits per heavy atom. The van der Waals surface area contributed by atoms with Crippen LogP contribution < -0.4 is 5.73 Å². The van der Waals surface area contributed by atoms with E-state index in [1.165, 1.54) is 12.4 Å². The maximum absolute atomic E-state index is 14.7. The van der Waals surface area contributed by atoms with Crippen LogP contribution in [0.5, 0.6) is 0 Å². The number of halogens is 1. The summed E-state index contributed by atoms with van der Waals surface area (Å²) in [5.41, 5.74) is 9.97. The lowest BCUT2D eigenvalue weighted by molar-refractivity contribution is 0.623. The van der Waals surface area contributed by atoms with Gasteiger partial charge in [0.1, 0.15) is 23.5 Å². The number of hydrogen-bond donors (Lipinski definition) is 1. The van der Waals surface area contributed by atoms with E-state index in [4.69, 9.17) is 10.7 Å². The van der Waals surface area contributed by atoms with E-state index in [1.807, 2.05) is 36.4 Å². The van der Waals surface area contributed by atoms with E-state index in [9.17, 15) is 4.39 Å². The van der Waals surface area contributed by atoms with Crippen LogP contribution in [0, 0.1) is 5.82 Å². The van der Waals surface area contributed by atoms with Crippen molar-refractivity contribution in [3.05, 3.63) is 114 Å². The zero-order chi connectivity index (χ0) is 19.8. The van der Waals surface area contributed by atoms with E-state index >= 15 is 0 Å². The Hall–Kier alpha value is -3.93. The van der Waals surface area contributed by atoms with Crippen molar-refractivity contribution in [1.82, 2.24) is 15.0 Å². The Kier molecular flexibility index (Phi) is 3.91. The molecule has 6 heteroatoms.